The van der Waals surface area contributed by atoms with Crippen molar-refractivity contribution in [1.29, 1.82) is 5.26 Å². The van der Waals surface area contributed by atoms with Crippen LogP contribution < -0.4 is 4.90 Å². The van der Waals surface area contributed by atoms with Gasteiger partial charge < -0.3 is 4.90 Å². The van der Waals surface area contributed by atoms with Gasteiger partial charge in [0.1, 0.15) is 6.07 Å². The molecule has 3 heterocycles. The van der Waals surface area contributed by atoms with Crippen LogP contribution >= 0.6 is 0 Å². The molecule has 0 aromatic carbocycles. The first kappa shape index (κ1) is 14.3. The summed E-state index contributed by atoms with van der Waals surface area (Å²) >= 11 is 0. The summed E-state index contributed by atoms with van der Waals surface area (Å²) in [5.74, 6) is 1.43. The van der Waals surface area contributed by atoms with Gasteiger partial charge in [-0.2, -0.15) is 10.4 Å². The van der Waals surface area contributed by atoms with Gasteiger partial charge in [-0.05, 0) is 38.3 Å². The van der Waals surface area contributed by atoms with Gasteiger partial charge in [0.15, 0.2) is 5.82 Å². The van der Waals surface area contributed by atoms with E-state index < -0.39 is 0 Å². The van der Waals surface area contributed by atoms with Crippen molar-refractivity contribution in [2.45, 2.75) is 45.2 Å². The zero-order valence-electron chi connectivity index (χ0n) is 12.9. The van der Waals surface area contributed by atoms with E-state index in [1.807, 2.05) is 6.07 Å². The monoisotopic (exact) mass is 285 g/mol. The Morgan fingerprint density at radius 2 is 2.10 bits per heavy atom. The van der Waals surface area contributed by atoms with Crippen LogP contribution in [0.4, 0.5) is 5.82 Å². The molecule has 2 atom stereocenters. The quantitative estimate of drug-likeness (QED) is 0.850. The van der Waals surface area contributed by atoms with Crippen molar-refractivity contribution in [1.82, 2.24) is 15.1 Å². The van der Waals surface area contributed by atoms with E-state index >= 15 is 0 Å². The molecule has 5 nitrogen and oxygen atoms in total. The molecule has 1 aromatic heterocycles. The summed E-state index contributed by atoms with van der Waals surface area (Å²) in [7, 11) is 0. The molecule has 0 N–H and O–H groups in total. The van der Waals surface area contributed by atoms with Gasteiger partial charge >= 0.3 is 0 Å². The van der Waals surface area contributed by atoms with Gasteiger partial charge in [0.25, 0.3) is 0 Å². The van der Waals surface area contributed by atoms with Gasteiger partial charge in [-0.25, -0.2) is 0 Å². The molecule has 21 heavy (non-hydrogen) atoms. The minimum absolute atomic E-state index is 0.485. The molecule has 2 aliphatic rings. The van der Waals surface area contributed by atoms with E-state index in [1.54, 1.807) is 0 Å². The molecule has 5 heteroatoms. The Kier molecular flexibility index (Phi) is 4.07. The normalized spacial score (nSPS) is 26.5. The Balaban J connectivity index is 1.82. The van der Waals surface area contributed by atoms with Crippen molar-refractivity contribution < 1.29 is 0 Å². The van der Waals surface area contributed by atoms with Crippen LogP contribution in [-0.4, -0.2) is 46.8 Å². The zero-order chi connectivity index (χ0) is 14.8. The van der Waals surface area contributed by atoms with Crippen molar-refractivity contribution in [3.8, 4) is 6.07 Å². The average molecular weight is 285 g/mol. The molecule has 0 spiro atoms. The summed E-state index contributed by atoms with van der Waals surface area (Å²) < 4.78 is 0. The second-order valence-corrected chi connectivity index (χ2v) is 6.51. The number of anilines is 1. The van der Waals surface area contributed by atoms with Crippen molar-refractivity contribution in [2.24, 2.45) is 5.92 Å². The average Bonchev–Trinajstić information content (AvgIpc) is 3.16. The first-order valence-electron chi connectivity index (χ1n) is 7.92. The SMILES string of the molecule is CC(C)C1CC(N2CCCC2)CN1c1cc(C#N)cnn1. The van der Waals surface area contributed by atoms with Crippen LogP contribution in [-0.2, 0) is 0 Å². The molecule has 2 unspecified atom stereocenters. The Bertz CT molecular complexity index is 530. The number of likely N-dealkylation sites (tertiary alicyclic amines) is 1. The highest BCUT2D eigenvalue weighted by Gasteiger charge is 2.38. The van der Waals surface area contributed by atoms with Crippen LogP contribution in [0.25, 0.3) is 0 Å². The number of rotatable bonds is 3. The summed E-state index contributed by atoms with van der Waals surface area (Å²) in [5.41, 5.74) is 0.590. The fourth-order valence-corrected chi connectivity index (χ4v) is 3.67. The maximum absolute atomic E-state index is 9.06. The van der Waals surface area contributed by atoms with Gasteiger partial charge in [0.2, 0.25) is 0 Å². The van der Waals surface area contributed by atoms with Crippen LogP contribution in [0.2, 0.25) is 0 Å². The summed E-state index contributed by atoms with van der Waals surface area (Å²) in [4.78, 5) is 4.98. The van der Waals surface area contributed by atoms with E-state index in [0.717, 1.165) is 12.4 Å². The summed E-state index contributed by atoms with van der Waals surface area (Å²) in [6.07, 6.45) is 5.37. The minimum Gasteiger partial charge on any atom is -0.350 e. The van der Waals surface area contributed by atoms with E-state index in [1.165, 1.54) is 38.5 Å². The molecule has 2 fully saturated rings. The topological polar surface area (TPSA) is 56.0 Å². The van der Waals surface area contributed by atoms with E-state index in [9.17, 15) is 0 Å². The highest BCUT2D eigenvalue weighted by molar-refractivity contribution is 5.46. The molecule has 112 valence electrons. The van der Waals surface area contributed by atoms with Crippen molar-refractivity contribution in [3.05, 3.63) is 17.8 Å². The Labute approximate surface area is 126 Å². The molecular formula is C16H23N5. The highest BCUT2D eigenvalue weighted by Crippen LogP contribution is 2.32. The van der Waals surface area contributed by atoms with Crippen molar-refractivity contribution in [3.63, 3.8) is 0 Å². The van der Waals surface area contributed by atoms with Gasteiger partial charge in [-0.1, -0.05) is 13.8 Å². The van der Waals surface area contributed by atoms with Crippen molar-refractivity contribution in [2.75, 3.05) is 24.5 Å². The lowest BCUT2D eigenvalue weighted by Crippen LogP contribution is -2.36. The fourth-order valence-electron chi connectivity index (χ4n) is 3.67. The van der Waals surface area contributed by atoms with Gasteiger partial charge in [0, 0.05) is 24.7 Å². The number of nitriles is 1. The molecule has 0 saturated carbocycles. The second kappa shape index (κ2) is 5.98. The van der Waals surface area contributed by atoms with Gasteiger partial charge in [-0.3, -0.25) is 4.90 Å². The number of aromatic nitrogens is 2. The smallest absolute Gasteiger partial charge is 0.152 e. The van der Waals surface area contributed by atoms with Crippen LogP contribution in [0, 0.1) is 17.2 Å². The largest absolute Gasteiger partial charge is 0.350 e. The number of hydrogen-bond acceptors (Lipinski definition) is 5. The summed E-state index contributed by atoms with van der Waals surface area (Å²) in [6.45, 7) is 8.00. The molecule has 1 aromatic rings. The van der Waals surface area contributed by atoms with Crippen LogP contribution in [0.5, 0.6) is 0 Å². The van der Waals surface area contributed by atoms with Crippen LogP contribution in [0.1, 0.15) is 38.7 Å². The lowest BCUT2D eigenvalue weighted by Gasteiger charge is -2.28. The Morgan fingerprint density at radius 3 is 2.76 bits per heavy atom. The predicted molar refractivity (Wildman–Crippen MR) is 81.9 cm³/mol. The highest BCUT2D eigenvalue weighted by atomic mass is 15.3. The lowest BCUT2D eigenvalue weighted by atomic mass is 10.00. The third kappa shape index (κ3) is 2.86. The first-order chi connectivity index (χ1) is 10.2. The molecule has 0 aliphatic carbocycles. The molecule has 0 amide bonds. The van der Waals surface area contributed by atoms with E-state index in [2.05, 4.69) is 39.9 Å². The maximum Gasteiger partial charge on any atom is 0.152 e. The second-order valence-electron chi connectivity index (χ2n) is 6.51. The zero-order valence-corrected chi connectivity index (χ0v) is 12.9. The molecular weight excluding hydrogens is 262 g/mol. The van der Waals surface area contributed by atoms with Crippen molar-refractivity contribution >= 4 is 5.82 Å². The fraction of sp³-hybridized carbons (Fsp3) is 0.688. The maximum atomic E-state index is 9.06. The number of hydrogen-bond donors (Lipinski definition) is 0. The third-order valence-electron chi connectivity index (χ3n) is 4.81. The van der Waals surface area contributed by atoms with E-state index in [-0.39, 0.29) is 0 Å². The minimum atomic E-state index is 0.485. The Hall–Kier alpha value is -1.67. The van der Waals surface area contributed by atoms with E-state index in [4.69, 9.17) is 5.26 Å². The summed E-state index contributed by atoms with van der Waals surface area (Å²) in [5, 5.41) is 17.3. The van der Waals surface area contributed by atoms with Gasteiger partial charge in [0.05, 0.1) is 11.8 Å². The molecule has 2 aliphatic heterocycles. The molecule has 3 rings (SSSR count). The predicted octanol–water partition coefficient (Wildman–Crippen LogP) is 2.05. The van der Waals surface area contributed by atoms with Crippen LogP contribution in [0.15, 0.2) is 12.3 Å². The Morgan fingerprint density at radius 1 is 1.33 bits per heavy atom. The van der Waals surface area contributed by atoms with Gasteiger partial charge in [-0.15, -0.1) is 5.10 Å². The lowest BCUT2D eigenvalue weighted by molar-refractivity contribution is 0.252. The third-order valence-corrected chi connectivity index (χ3v) is 4.81. The van der Waals surface area contributed by atoms with Crippen LogP contribution in [0.3, 0.4) is 0 Å². The number of nitrogens with zero attached hydrogens (tertiary/aromatic N) is 5. The molecule has 0 radical (unpaired) electrons. The summed E-state index contributed by atoms with van der Waals surface area (Å²) in [6, 6.07) is 5.13. The first-order valence-corrected chi connectivity index (χ1v) is 7.92. The molecule has 0 bridgehead atoms. The molecule has 2 saturated heterocycles. The standard InChI is InChI=1S/C16H23N5/c1-12(2)15-8-14(20-5-3-4-6-20)11-21(15)16-7-13(9-17)10-18-19-16/h7,10,12,14-15H,3-6,8,11H2,1-2H3. The van der Waals surface area contributed by atoms with E-state index in [0.29, 0.717) is 23.6 Å².